The van der Waals surface area contributed by atoms with Gasteiger partial charge in [-0.3, -0.25) is 19.4 Å². The van der Waals surface area contributed by atoms with E-state index in [0.29, 0.717) is 30.9 Å². The molecule has 0 saturated carbocycles. The molecule has 1 aromatic heterocycles. The molecule has 10 heteroatoms. The van der Waals surface area contributed by atoms with Crippen molar-refractivity contribution < 1.29 is 19.8 Å². The van der Waals surface area contributed by atoms with Crippen LogP contribution in [0.1, 0.15) is 31.2 Å². The van der Waals surface area contributed by atoms with Crippen LogP contribution in [-0.4, -0.2) is 51.3 Å². The van der Waals surface area contributed by atoms with E-state index in [4.69, 9.17) is 15.9 Å². The molecule has 0 radical (unpaired) electrons. The number of nitrogens with zero attached hydrogens (tertiary/aromatic N) is 1. The van der Waals surface area contributed by atoms with Gasteiger partial charge in [0, 0.05) is 13.0 Å². The number of hydrogen-bond donors (Lipinski definition) is 6. The molecular formula is C15H23N5O5. The maximum Gasteiger partial charge on any atom is 0.320 e. The van der Waals surface area contributed by atoms with Gasteiger partial charge in [-0.25, -0.2) is 0 Å². The number of nitrogens with two attached hydrogens (primary N) is 1. The van der Waals surface area contributed by atoms with Gasteiger partial charge in [0.15, 0.2) is 0 Å². The number of H-pyrrole nitrogens is 1. The van der Waals surface area contributed by atoms with Crippen LogP contribution in [0, 0.1) is 5.92 Å². The molecule has 10 nitrogen and oxygen atoms in total. The van der Waals surface area contributed by atoms with Gasteiger partial charge in [0.2, 0.25) is 5.95 Å². The molecule has 2 heterocycles. The highest BCUT2D eigenvalue weighted by Crippen LogP contribution is 2.22. The quantitative estimate of drug-likeness (QED) is 0.324. The van der Waals surface area contributed by atoms with Crippen molar-refractivity contribution >= 4 is 23.7 Å². The van der Waals surface area contributed by atoms with Crippen molar-refractivity contribution in [2.24, 2.45) is 5.92 Å². The number of carboxylic acid groups (broad SMARTS) is 2. The largest absolute Gasteiger partial charge is 0.481 e. The molecular weight excluding hydrogens is 330 g/mol. The van der Waals surface area contributed by atoms with E-state index in [1.165, 1.54) is 0 Å². The molecule has 1 unspecified atom stereocenters. The lowest BCUT2D eigenvalue weighted by molar-refractivity contribution is -0.140. The number of carboxylic acids is 2. The number of rotatable bonds is 9. The van der Waals surface area contributed by atoms with Gasteiger partial charge in [-0.2, -0.15) is 4.98 Å². The number of anilines is 2. The Morgan fingerprint density at radius 1 is 1.40 bits per heavy atom. The van der Waals surface area contributed by atoms with Gasteiger partial charge in [0.1, 0.15) is 11.9 Å². The predicted octanol–water partition coefficient (Wildman–Crippen LogP) is -0.376. The highest BCUT2D eigenvalue weighted by atomic mass is 16.4. The third-order valence-corrected chi connectivity index (χ3v) is 4.21. The Bertz CT molecular complexity index is 689. The van der Waals surface area contributed by atoms with Crippen molar-refractivity contribution in [1.29, 1.82) is 0 Å². The third kappa shape index (κ3) is 5.45. The molecule has 0 aliphatic carbocycles. The van der Waals surface area contributed by atoms with Crippen LogP contribution in [0.5, 0.6) is 0 Å². The Morgan fingerprint density at radius 2 is 2.16 bits per heavy atom. The van der Waals surface area contributed by atoms with Crippen molar-refractivity contribution in [1.82, 2.24) is 15.3 Å². The number of nitrogens with one attached hydrogen (secondary N) is 3. The Kier molecular flexibility index (Phi) is 6.34. The fraction of sp³-hybridized carbons (Fsp3) is 0.600. The zero-order valence-corrected chi connectivity index (χ0v) is 13.7. The molecule has 1 aliphatic heterocycles. The van der Waals surface area contributed by atoms with E-state index < -0.39 is 18.0 Å². The van der Waals surface area contributed by atoms with Crippen molar-refractivity contribution in [2.75, 3.05) is 24.1 Å². The van der Waals surface area contributed by atoms with Crippen LogP contribution < -0.4 is 21.9 Å². The first kappa shape index (κ1) is 18.7. The molecule has 1 aliphatic rings. The molecule has 0 spiro atoms. The van der Waals surface area contributed by atoms with Crippen molar-refractivity contribution in [3.8, 4) is 0 Å². The molecule has 138 valence electrons. The van der Waals surface area contributed by atoms with Crippen LogP contribution in [0.2, 0.25) is 0 Å². The van der Waals surface area contributed by atoms with E-state index in [1.54, 1.807) is 0 Å². The molecule has 0 amide bonds. The molecule has 7 N–H and O–H groups in total. The number of aromatic amines is 1. The minimum Gasteiger partial charge on any atom is -0.481 e. The normalized spacial score (nSPS) is 17.4. The summed E-state index contributed by atoms with van der Waals surface area (Å²) >= 11 is 0. The van der Waals surface area contributed by atoms with E-state index in [0.717, 1.165) is 12.8 Å². The summed E-state index contributed by atoms with van der Waals surface area (Å²) in [5.41, 5.74) is 5.86. The van der Waals surface area contributed by atoms with Gasteiger partial charge >= 0.3 is 11.9 Å². The second-order valence-corrected chi connectivity index (χ2v) is 6.15. The molecule has 2 atom stereocenters. The second-order valence-electron chi connectivity index (χ2n) is 6.15. The number of fused-ring (bicyclic) bond motifs is 1. The Hall–Kier alpha value is -2.62. The van der Waals surface area contributed by atoms with Gasteiger partial charge in [-0.15, -0.1) is 0 Å². The first-order chi connectivity index (χ1) is 11.9. The van der Waals surface area contributed by atoms with Crippen LogP contribution >= 0.6 is 0 Å². The monoisotopic (exact) mass is 353 g/mol. The lowest BCUT2D eigenvalue weighted by Gasteiger charge is -2.25. The summed E-state index contributed by atoms with van der Waals surface area (Å²) < 4.78 is 0. The average Bonchev–Trinajstić information content (AvgIpc) is 2.53. The number of carbonyl (C=O) groups is 2. The van der Waals surface area contributed by atoms with Crippen LogP contribution in [0.15, 0.2) is 4.79 Å². The maximum absolute atomic E-state index is 11.9. The fourth-order valence-electron chi connectivity index (χ4n) is 2.90. The summed E-state index contributed by atoms with van der Waals surface area (Å²) in [6.45, 7) is 1.14. The number of hydrogen-bond acceptors (Lipinski definition) is 7. The van der Waals surface area contributed by atoms with E-state index in [2.05, 4.69) is 20.6 Å². The highest BCUT2D eigenvalue weighted by Gasteiger charge is 2.22. The van der Waals surface area contributed by atoms with Crippen LogP contribution in [-0.2, 0) is 16.0 Å². The zero-order valence-electron chi connectivity index (χ0n) is 13.7. The van der Waals surface area contributed by atoms with Gasteiger partial charge in [-0.1, -0.05) is 0 Å². The first-order valence-corrected chi connectivity index (χ1v) is 8.17. The SMILES string of the molecule is Nc1nc2c(c(=O)[nH]1)CC(CCCN[C@@H](CCC(=O)O)C(=O)O)CN2. The summed E-state index contributed by atoms with van der Waals surface area (Å²) in [6, 6.07) is -0.865. The van der Waals surface area contributed by atoms with E-state index >= 15 is 0 Å². The number of aromatic nitrogens is 2. The Labute approximate surface area is 143 Å². The minimum atomic E-state index is -1.05. The van der Waals surface area contributed by atoms with Gasteiger partial charge in [-0.05, 0) is 38.1 Å². The topological polar surface area (TPSA) is 170 Å². The molecule has 0 bridgehead atoms. The van der Waals surface area contributed by atoms with Crippen LogP contribution in [0.25, 0.3) is 0 Å². The van der Waals surface area contributed by atoms with E-state index in [-0.39, 0.29) is 30.3 Å². The Balaban J connectivity index is 1.77. The lowest BCUT2D eigenvalue weighted by Crippen LogP contribution is -2.38. The van der Waals surface area contributed by atoms with E-state index in [1.807, 2.05) is 0 Å². The first-order valence-electron chi connectivity index (χ1n) is 8.17. The lowest BCUT2D eigenvalue weighted by atomic mass is 9.92. The van der Waals surface area contributed by atoms with Gasteiger partial charge in [0.25, 0.3) is 5.56 Å². The van der Waals surface area contributed by atoms with E-state index in [9.17, 15) is 14.4 Å². The second kappa shape index (κ2) is 8.47. The number of nitrogen functional groups attached to an aromatic ring is 1. The van der Waals surface area contributed by atoms with Gasteiger partial charge < -0.3 is 26.6 Å². The Morgan fingerprint density at radius 3 is 2.84 bits per heavy atom. The summed E-state index contributed by atoms with van der Waals surface area (Å²) in [5.74, 6) is -1.22. The fourth-order valence-corrected chi connectivity index (χ4v) is 2.90. The zero-order chi connectivity index (χ0) is 18.4. The summed E-state index contributed by atoms with van der Waals surface area (Å²) in [7, 11) is 0. The van der Waals surface area contributed by atoms with Crippen molar-refractivity contribution in [2.45, 2.75) is 38.1 Å². The minimum absolute atomic E-state index is 0.0471. The summed E-state index contributed by atoms with van der Waals surface area (Å²) in [6.07, 6.45) is 1.97. The summed E-state index contributed by atoms with van der Waals surface area (Å²) in [5, 5.41) is 23.7. The van der Waals surface area contributed by atoms with Crippen LogP contribution in [0.4, 0.5) is 11.8 Å². The maximum atomic E-state index is 11.9. The molecule has 0 fully saturated rings. The van der Waals surface area contributed by atoms with Gasteiger partial charge in [0.05, 0.1) is 5.56 Å². The molecule has 2 rings (SSSR count). The molecule has 1 aromatic rings. The van der Waals surface area contributed by atoms with Crippen molar-refractivity contribution in [3.63, 3.8) is 0 Å². The smallest absolute Gasteiger partial charge is 0.320 e. The standard InChI is InChI=1S/C15H23N5O5/c16-15-19-12-9(13(23)20-15)6-8(7-18-12)2-1-5-17-10(14(24)25)3-4-11(21)22/h8,10,17H,1-7H2,(H,21,22)(H,24,25)(H4,16,18,19,20,23)/t8?,10-/m0/s1. The van der Waals surface area contributed by atoms with Crippen LogP contribution in [0.3, 0.4) is 0 Å². The molecule has 0 aromatic carbocycles. The molecule has 0 saturated heterocycles. The third-order valence-electron chi connectivity index (χ3n) is 4.21. The number of aliphatic carboxylic acids is 2. The summed E-state index contributed by atoms with van der Waals surface area (Å²) in [4.78, 5) is 40.1. The highest BCUT2D eigenvalue weighted by molar-refractivity contribution is 5.75. The molecule has 25 heavy (non-hydrogen) atoms. The van der Waals surface area contributed by atoms with Crippen molar-refractivity contribution in [3.05, 3.63) is 15.9 Å². The predicted molar refractivity (Wildman–Crippen MR) is 90.5 cm³/mol. The average molecular weight is 353 g/mol.